The van der Waals surface area contributed by atoms with Gasteiger partial charge in [0, 0.05) is 16.6 Å². The maximum atomic E-state index is 6.20. The number of anilines is 1. The van der Waals surface area contributed by atoms with Crippen LogP contribution in [0.15, 0.2) is 34.8 Å². The van der Waals surface area contributed by atoms with Gasteiger partial charge in [-0.25, -0.2) is 0 Å². The van der Waals surface area contributed by atoms with Gasteiger partial charge in [0.05, 0.1) is 15.7 Å². The summed E-state index contributed by atoms with van der Waals surface area (Å²) >= 11 is 15.6. The molecule has 0 saturated heterocycles. The lowest BCUT2D eigenvalue weighted by molar-refractivity contribution is 0.173. The van der Waals surface area contributed by atoms with E-state index in [2.05, 4.69) is 21.2 Å². The molecule has 104 valence electrons. The van der Waals surface area contributed by atoms with Crippen molar-refractivity contribution in [1.29, 1.82) is 0 Å². The second-order valence-corrected chi connectivity index (χ2v) is 5.84. The Morgan fingerprint density at radius 2 is 1.95 bits per heavy atom. The number of hydrogen-bond acceptors (Lipinski definition) is 3. The Morgan fingerprint density at radius 3 is 2.80 bits per heavy atom. The number of hydrogen-bond donors (Lipinski definition) is 1. The summed E-state index contributed by atoms with van der Waals surface area (Å²) in [6.45, 7) is 0.835. The normalized spacial score (nSPS) is 12.6. The van der Waals surface area contributed by atoms with Gasteiger partial charge >= 0.3 is 0 Å². The molecule has 20 heavy (non-hydrogen) atoms. The highest BCUT2D eigenvalue weighted by Crippen LogP contribution is 2.38. The van der Waals surface area contributed by atoms with Crippen LogP contribution in [0.4, 0.5) is 5.69 Å². The standard InChI is InChI=1S/C14H10BrCl2NO2/c15-9-4-5-10(13(17)12(9)16)18-6-8-2-1-3-11-14(8)20-7-19-11/h1-5,18H,6-7H2. The number of rotatable bonds is 3. The van der Waals surface area contributed by atoms with Crippen molar-refractivity contribution in [3.63, 3.8) is 0 Å². The SMILES string of the molecule is Clc1c(Br)ccc(NCc2cccc3c2OCO3)c1Cl. The first-order valence-electron chi connectivity index (χ1n) is 5.91. The zero-order valence-corrected chi connectivity index (χ0v) is 13.3. The molecule has 6 heteroatoms. The minimum absolute atomic E-state index is 0.261. The molecule has 3 nitrogen and oxygen atoms in total. The van der Waals surface area contributed by atoms with Gasteiger partial charge in [-0.05, 0) is 34.1 Å². The van der Waals surface area contributed by atoms with Crippen molar-refractivity contribution >= 4 is 44.8 Å². The molecular formula is C14H10BrCl2NO2. The highest BCUT2D eigenvalue weighted by atomic mass is 79.9. The number of benzene rings is 2. The third kappa shape index (κ3) is 2.55. The maximum absolute atomic E-state index is 6.20. The van der Waals surface area contributed by atoms with E-state index < -0.39 is 0 Å². The molecule has 0 unspecified atom stereocenters. The smallest absolute Gasteiger partial charge is 0.231 e. The van der Waals surface area contributed by atoms with Crippen molar-refractivity contribution < 1.29 is 9.47 Å². The molecule has 0 fully saturated rings. The van der Waals surface area contributed by atoms with Crippen LogP contribution in [0, 0.1) is 0 Å². The number of para-hydroxylation sites is 1. The molecule has 1 N–H and O–H groups in total. The van der Waals surface area contributed by atoms with Gasteiger partial charge in [-0.15, -0.1) is 0 Å². The molecule has 0 bridgehead atoms. The Bertz CT molecular complexity index is 664. The first-order valence-corrected chi connectivity index (χ1v) is 7.46. The predicted octanol–water partition coefficient (Wildman–Crippen LogP) is 5.10. The van der Waals surface area contributed by atoms with Crippen LogP contribution in [0.2, 0.25) is 10.0 Å². The Balaban J connectivity index is 1.81. The van der Waals surface area contributed by atoms with E-state index in [0.29, 0.717) is 16.6 Å². The monoisotopic (exact) mass is 373 g/mol. The minimum Gasteiger partial charge on any atom is -0.454 e. The Labute approximate surface area is 134 Å². The van der Waals surface area contributed by atoms with Gasteiger partial charge in [-0.3, -0.25) is 0 Å². The minimum atomic E-state index is 0.261. The van der Waals surface area contributed by atoms with Crippen LogP contribution in [-0.2, 0) is 6.54 Å². The second kappa shape index (κ2) is 5.72. The Morgan fingerprint density at radius 1 is 1.10 bits per heavy atom. The lowest BCUT2D eigenvalue weighted by atomic mass is 10.2. The van der Waals surface area contributed by atoms with Crippen LogP contribution in [0.5, 0.6) is 11.5 Å². The topological polar surface area (TPSA) is 30.5 Å². The zero-order chi connectivity index (χ0) is 14.1. The fraction of sp³-hybridized carbons (Fsp3) is 0.143. The lowest BCUT2D eigenvalue weighted by Crippen LogP contribution is -2.02. The molecule has 2 aromatic rings. The molecule has 0 radical (unpaired) electrons. The summed E-state index contributed by atoms with van der Waals surface area (Å²) in [5, 5.41) is 4.24. The van der Waals surface area contributed by atoms with E-state index in [1.807, 2.05) is 30.3 Å². The molecule has 0 amide bonds. The van der Waals surface area contributed by atoms with Gasteiger partial charge in [0.25, 0.3) is 0 Å². The summed E-state index contributed by atoms with van der Waals surface area (Å²) in [4.78, 5) is 0. The summed E-state index contributed by atoms with van der Waals surface area (Å²) in [7, 11) is 0. The molecule has 0 spiro atoms. The number of nitrogens with one attached hydrogen (secondary N) is 1. The van der Waals surface area contributed by atoms with Crippen molar-refractivity contribution in [3.05, 3.63) is 50.4 Å². The molecule has 1 aliphatic heterocycles. The van der Waals surface area contributed by atoms with Crippen molar-refractivity contribution in [1.82, 2.24) is 0 Å². The highest BCUT2D eigenvalue weighted by Gasteiger charge is 2.17. The first-order chi connectivity index (χ1) is 9.66. The summed E-state index contributed by atoms with van der Waals surface area (Å²) < 4.78 is 11.6. The molecule has 0 atom stereocenters. The van der Waals surface area contributed by atoms with E-state index in [1.54, 1.807) is 0 Å². The predicted molar refractivity (Wildman–Crippen MR) is 84.1 cm³/mol. The van der Waals surface area contributed by atoms with Gasteiger partial charge < -0.3 is 14.8 Å². The van der Waals surface area contributed by atoms with Crippen molar-refractivity contribution in [3.8, 4) is 11.5 Å². The number of halogens is 3. The van der Waals surface area contributed by atoms with Crippen LogP contribution in [0.1, 0.15) is 5.56 Å². The second-order valence-electron chi connectivity index (χ2n) is 4.23. The van der Waals surface area contributed by atoms with Crippen molar-refractivity contribution in [2.75, 3.05) is 12.1 Å². The van der Waals surface area contributed by atoms with E-state index in [9.17, 15) is 0 Å². The maximum Gasteiger partial charge on any atom is 0.231 e. The van der Waals surface area contributed by atoms with Crippen LogP contribution < -0.4 is 14.8 Å². The quantitative estimate of drug-likeness (QED) is 0.758. The Kier molecular flexibility index (Phi) is 3.96. The highest BCUT2D eigenvalue weighted by molar-refractivity contribution is 9.10. The van der Waals surface area contributed by atoms with E-state index in [0.717, 1.165) is 27.2 Å². The lowest BCUT2D eigenvalue weighted by Gasteiger charge is -2.11. The molecule has 0 saturated carbocycles. The molecule has 1 heterocycles. The fourth-order valence-corrected chi connectivity index (χ4v) is 2.82. The Hall–Kier alpha value is -1.10. The van der Waals surface area contributed by atoms with Crippen LogP contribution in [-0.4, -0.2) is 6.79 Å². The third-order valence-electron chi connectivity index (χ3n) is 2.98. The number of fused-ring (bicyclic) bond motifs is 1. The summed E-state index contributed by atoms with van der Waals surface area (Å²) in [6.07, 6.45) is 0. The average molecular weight is 375 g/mol. The van der Waals surface area contributed by atoms with Crippen LogP contribution in [0.25, 0.3) is 0 Å². The third-order valence-corrected chi connectivity index (χ3v) is 4.75. The van der Waals surface area contributed by atoms with Crippen LogP contribution in [0.3, 0.4) is 0 Å². The van der Waals surface area contributed by atoms with Crippen LogP contribution >= 0.6 is 39.1 Å². The van der Waals surface area contributed by atoms with Gasteiger partial charge in [0.2, 0.25) is 6.79 Å². The van der Waals surface area contributed by atoms with E-state index in [1.165, 1.54) is 0 Å². The average Bonchev–Trinajstić information content (AvgIpc) is 2.93. The van der Waals surface area contributed by atoms with Crippen molar-refractivity contribution in [2.45, 2.75) is 6.54 Å². The zero-order valence-electron chi connectivity index (χ0n) is 10.3. The molecule has 1 aliphatic rings. The van der Waals surface area contributed by atoms with Gasteiger partial charge in [-0.2, -0.15) is 0 Å². The molecule has 2 aromatic carbocycles. The fourth-order valence-electron chi connectivity index (χ4n) is 1.98. The molecule has 0 aliphatic carbocycles. The van der Waals surface area contributed by atoms with E-state index in [-0.39, 0.29) is 6.79 Å². The summed E-state index contributed by atoms with van der Waals surface area (Å²) in [6, 6.07) is 9.52. The van der Waals surface area contributed by atoms with E-state index in [4.69, 9.17) is 32.7 Å². The summed E-state index contributed by atoms with van der Waals surface area (Å²) in [5.74, 6) is 1.54. The largest absolute Gasteiger partial charge is 0.454 e. The van der Waals surface area contributed by atoms with Crippen molar-refractivity contribution in [2.24, 2.45) is 0 Å². The van der Waals surface area contributed by atoms with Gasteiger partial charge in [0.15, 0.2) is 11.5 Å². The molecule has 0 aromatic heterocycles. The summed E-state index contributed by atoms with van der Waals surface area (Å²) in [5.41, 5.74) is 1.78. The molecular weight excluding hydrogens is 365 g/mol. The number of ether oxygens (including phenoxy) is 2. The van der Waals surface area contributed by atoms with E-state index >= 15 is 0 Å². The van der Waals surface area contributed by atoms with Gasteiger partial charge in [0.1, 0.15) is 0 Å². The van der Waals surface area contributed by atoms with Gasteiger partial charge in [-0.1, -0.05) is 35.3 Å². The molecule has 3 rings (SSSR count). The first kappa shape index (κ1) is 13.9.